The molecule has 11 nitrogen and oxygen atoms in total. The Labute approximate surface area is 208 Å². The van der Waals surface area contributed by atoms with E-state index in [-0.39, 0.29) is 17.9 Å². The largest absolute Gasteiger partial charge is 0.481 e. The summed E-state index contributed by atoms with van der Waals surface area (Å²) in [6.45, 7) is 3.44. The number of thioether (sulfide) groups is 1. The maximum absolute atomic E-state index is 13.5. The normalized spacial score (nSPS) is 17.1. The summed E-state index contributed by atoms with van der Waals surface area (Å²) in [7, 11) is 2.68. The Balaban J connectivity index is 2.76. The maximum atomic E-state index is 13.5. The molecular formula is C21H26F3N5O6S. The van der Waals surface area contributed by atoms with Gasteiger partial charge in [-0.15, -0.1) is 11.8 Å². The Kier molecular flexibility index (Phi) is 8.96. The number of allylic oxidation sites excluding steroid dienone is 1. The fourth-order valence-corrected chi connectivity index (χ4v) is 3.93. The van der Waals surface area contributed by atoms with Crippen molar-refractivity contribution in [1.82, 2.24) is 9.91 Å². The van der Waals surface area contributed by atoms with Crippen LogP contribution in [0, 0.1) is 22.0 Å². The summed E-state index contributed by atoms with van der Waals surface area (Å²) < 4.78 is 46.2. The van der Waals surface area contributed by atoms with Crippen LogP contribution in [0.5, 0.6) is 5.75 Å². The van der Waals surface area contributed by atoms with Gasteiger partial charge >= 0.3 is 17.8 Å². The second kappa shape index (κ2) is 11.2. The number of nitrogens with zero attached hydrogens (tertiary/aromatic N) is 4. The molecule has 1 amide bonds. The lowest BCUT2D eigenvalue weighted by molar-refractivity contribution is -0.420. The number of ether oxygens (including phenoxy) is 1. The molecule has 2 atom stereocenters. The van der Waals surface area contributed by atoms with E-state index in [2.05, 4.69) is 4.99 Å². The first-order chi connectivity index (χ1) is 16.6. The molecule has 0 spiro atoms. The number of benzene rings is 1. The summed E-state index contributed by atoms with van der Waals surface area (Å²) in [5.74, 6) is 1.00. The van der Waals surface area contributed by atoms with Gasteiger partial charge in [-0.05, 0) is 36.8 Å². The van der Waals surface area contributed by atoms with Crippen LogP contribution in [0.2, 0.25) is 0 Å². The van der Waals surface area contributed by atoms with Gasteiger partial charge in [0.2, 0.25) is 0 Å². The third-order valence-corrected chi connectivity index (χ3v) is 5.75. The minimum Gasteiger partial charge on any atom is -0.481 e. The van der Waals surface area contributed by atoms with Crippen molar-refractivity contribution < 1.29 is 37.5 Å². The standard InChI is InChI=1S/C21H26F3N5O6S/c1-10(2)6-14(19(31)32)15-16(29(33)34)18(28(25)20(26-15)36-5)35-13-8-11(17(30)27(3)4)7-12(9-13)21(22,23)24/h7-10,14,20H,6,25H2,1-5H3,(H,31,32). The molecular weight excluding hydrogens is 507 g/mol. The zero-order chi connectivity index (χ0) is 27.5. The average molecular weight is 534 g/mol. The Morgan fingerprint density at radius 3 is 2.39 bits per heavy atom. The van der Waals surface area contributed by atoms with Crippen LogP contribution in [0.3, 0.4) is 0 Å². The van der Waals surface area contributed by atoms with E-state index >= 15 is 0 Å². The zero-order valence-electron chi connectivity index (χ0n) is 20.1. The lowest BCUT2D eigenvalue weighted by Crippen LogP contribution is -2.47. The van der Waals surface area contributed by atoms with Gasteiger partial charge in [-0.25, -0.2) is 15.8 Å². The summed E-state index contributed by atoms with van der Waals surface area (Å²) >= 11 is 0.996. The van der Waals surface area contributed by atoms with Crippen molar-refractivity contribution in [3.8, 4) is 5.75 Å². The van der Waals surface area contributed by atoms with Crippen LogP contribution in [-0.2, 0) is 11.0 Å². The predicted octanol–water partition coefficient (Wildman–Crippen LogP) is 3.26. The van der Waals surface area contributed by atoms with Gasteiger partial charge in [0.1, 0.15) is 17.4 Å². The van der Waals surface area contributed by atoms with Gasteiger partial charge in [0.15, 0.2) is 5.50 Å². The highest BCUT2D eigenvalue weighted by Crippen LogP contribution is 2.36. The van der Waals surface area contributed by atoms with E-state index in [0.717, 1.165) is 27.7 Å². The number of hydrogen-bond donors (Lipinski definition) is 2. The minimum absolute atomic E-state index is 0.00446. The van der Waals surface area contributed by atoms with Crippen LogP contribution in [0.15, 0.2) is 34.8 Å². The third kappa shape index (κ3) is 6.46. The molecule has 1 heterocycles. The van der Waals surface area contributed by atoms with Crippen molar-refractivity contribution >= 4 is 29.4 Å². The van der Waals surface area contributed by atoms with E-state index in [1.54, 1.807) is 20.1 Å². The number of carbonyl (C=O) groups is 2. The van der Waals surface area contributed by atoms with E-state index < -0.39 is 63.0 Å². The first-order valence-electron chi connectivity index (χ1n) is 10.5. The Hall–Kier alpha value is -3.33. The molecule has 2 rings (SSSR count). The van der Waals surface area contributed by atoms with Crippen molar-refractivity contribution in [2.75, 3.05) is 20.4 Å². The highest BCUT2D eigenvalue weighted by Gasteiger charge is 2.44. The zero-order valence-corrected chi connectivity index (χ0v) is 20.9. The maximum Gasteiger partial charge on any atom is 0.416 e. The summed E-state index contributed by atoms with van der Waals surface area (Å²) in [6, 6.07) is 2.17. The first kappa shape index (κ1) is 28.9. The molecule has 0 aromatic heterocycles. The van der Waals surface area contributed by atoms with Gasteiger partial charge in [0.25, 0.3) is 11.8 Å². The SMILES string of the molecule is CSC1N=C(C(CC(C)C)C(=O)O)C([N+](=O)[O-])=C(Oc2cc(C(=O)N(C)C)cc(C(F)(F)F)c2)N1N. The van der Waals surface area contributed by atoms with Crippen LogP contribution < -0.4 is 10.6 Å². The lowest BCUT2D eigenvalue weighted by atomic mass is 9.90. The molecule has 1 aliphatic heterocycles. The van der Waals surface area contributed by atoms with Crippen LogP contribution >= 0.6 is 11.8 Å². The van der Waals surface area contributed by atoms with Crippen LogP contribution in [0.4, 0.5) is 13.2 Å². The molecule has 15 heteroatoms. The average Bonchev–Trinajstić information content (AvgIpc) is 2.76. The summed E-state index contributed by atoms with van der Waals surface area (Å²) in [6.07, 6.45) is -3.32. The smallest absolute Gasteiger partial charge is 0.416 e. The molecule has 0 aliphatic carbocycles. The van der Waals surface area contributed by atoms with Gasteiger partial charge in [-0.2, -0.15) is 13.2 Å². The number of alkyl halides is 3. The van der Waals surface area contributed by atoms with Crippen molar-refractivity contribution in [2.45, 2.75) is 31.9 Å². The lowest BCUT2D eigenvalue weighted by Gasteiger charge is -2.31. The van der Waals surface area contributed by atoms with Crippen molar-refractivity contribution in [1.29, 1.82) is 0 Å². The second-order valence-corrected chi connectivity index (χ2v) is 9.35. The highest BCUT2D eigenvalue weighted by atomic mass is 32.2. The Morgan fingerprint density at radius 1 is 1.33 bits per heavy atom. The van der Waals surface area contributed by atoms with E-state index in [4.69, 9.17) is 10.6 Å². The molecule has 1 aromatic rings. The number of carboxylic acid groups (broad SMARTS) is 1. The predicted molar refractivity (Wildman–Crippen MR) is 125 cm³/mol. The number of aliphatic carboxylic acids is 1. The second-order valence-electron chi connectivity index (χ2n) is 8.46. The van der Waals surface area contributed by atoms with Gasteiger partial charge in [0.05, 0.1) is 10.5 Å². The molecule has 36 heavy (non-hydrogen) atoms. The fraction of sp³-hybridized carbons (Fsp3) is 0.476. The number of nitrogens with two attached hydrogens (primary N) is 1. The molecule has 0 radical (unpaired) electrons. The molecule has 0 bridgehead atoms. The number of halogens is 3. The summed E-state index contributed by atoms with van der Waals surface area (Å²) in [5, 5.41) is 22.6. The van der Waals surface area contributed by atoms with Crippen LogP contribution in [0.25, 0.3) is 0 Å². The highest BCUT2D eigenvalue weighted by molar-refractivity contribution is 7.99. The summed E-state index contributed by atoms with van der Waals surface area (Å²) in [4.78, 5) is 40.7. The Bertz CT molecular complexity index is 1110. The molecule has 0 fully saturated rings. The number of hydrazine groups is 1. The fourth-order valence-electron chi connectivity index (χ4n) is 3.38. The molecule has 198 valence electrons. The van der Waals surface area contributed by atoms with Gasteiger partial charge < -0.3 is 14.7 Å². The molecule has 3 N–H and O–H groups in total. The summed E-state index contributed by atoms with van der Waals surface area (Å²) in [5.41, 5.74) is -4.00. The van der Waals surface area contributed by atoms with E-state index in [1.165, 1.54) is 14.1 Å². The van der Waals surface area contributed by atoms with Crippen molar-refractivity contribution in [3.63, 3.8) is 0 Å². The van der Waals surface area contributed by atoms with Crippen LogP contribution in [0.1, 0.15) is 36.2 Å². The van der Waals surface area contributed by atoms with Gasteiger partial charge in [0, 0.05) is 19.7 Å². The van der Waals surface area contributed by atoms with Gasteiger partial charge in [-0.3, -0.25) is 19.7 Å². The van der Waals surface area contributed by atoms with E-state index in [9.17, 15) is 38.0 Å². The number of hydrogen-bond acceptors (Lipinski definition) is 9. The quantitative estimate of drug-likeness (QED) is 0.277. The number of amides is 1. The molecule has 2 unspecified atom stereocenters. The number of rotatable bonds is 9. The number of aliphatic imine (C=N–C) groups is 1. The monoisotopic (exact) mass is 533 g/mol. The number of nitro groups is 1. The molecule has 1 aromatic carbocycles. The first-order valence-corrected chi connectivity index (χ1v) is 11.7. The van der Waals surface area contributed by atoms with Gasteiger partial charge in [-0.1, -0.05) is 13.8 Å². The Morgan fingerprint density at radius 2 is 1.94 bits per heavy atom. The number of carbonyl (C=O) groups excluding carboxylic acids is 1. The van der Waals surface area contributed by atoms with Crippen molar-refractivity contribution in [3.05, 3.63) is 51.0 Å². The molecule has 0 saturated heterocycles. The molecule has 1 aliphatic rings. The molecule has 0 saturated carbocycles. The third-order valence-electron chi connectivity index (χ3n) is 5.00. The van der Waals surface area contributed by atoms with E-state index in [1.807, 2.05) is 0 Å². The van der Waals surface area contributed by atoms with Crippen LogP contribution in [-0.4, -0.2) is 63.4 Å². The van der Waals surface area contributed by atoms with Crippen molar-refractivity contribution in [2.24, 2.45) is 22.7 Å². The van der Waals surface area contributed by atoms with E-state index in [0.29, 0.717) is 12.1 Å². The topological polar surface area (TPSA) is 152 Å². The number of carboxylic acids is 1. The minimum atomic E-state index is -4.86.